The number of halogens is 1. The summed E-state index contributed by atoms with van der Waals surface area (Å²) >= 11 is 5.54. The Kier molecular flexibility index (Phi) is 8.06. The van der Waals surface area contributed by atoms with Crippen LogP contribution in [0.2, 0.25) is 5.02 Å². The standard InChI is InChI=1S/C14H22N2O2.C6H5Cl/c1-11-9-13(18-10-12(2)17)3-4-14(11)16-7-5-15-6-8-16;7-6-4-2-1-3-5-6/h3-4,9,12,15,17H,5-8,10H2,1-2H3;1-5H/t12-;/m0./s1. The summed E-state index contributed by atoms with van der Waals surface area (Å²) in [6.45, 7) is 8.35. The van der Waals surface area contributed by atoms with Crippen LogP contribution in [0, 0.1) is 6.92 Å². The minimum atomic E-state index is -0.432. The number of piperazine rings is 1. The van der Waals surface area contributed by atoms with Crippen molar-refractivity contribution >= 4 is 17.3 Å². The van der Waals surface area contributed by atoms with Crippen LogP contribution in [-0.4, -0.2) is 44.0 Å². The lowest BCUT2D eigenvalue weighted by Gasteiger charge is -2.30. The highest BCUT2D eigenvalue weighted by atomic mass is 35.5. The van der Waals surface area contributed by atoms with Crippen molar-refractivity contribution in [3.05, 3.63) is 59.1 Å². The zero-order valence-corrected chi connectivity index (χ0v) is 15.7. The fourth-order valence-electron chi connectivity index (χ4n) is 2.61. The highest BCUT2D eigenvalue weighted by Crippen LogP contribution is 2.25. The molecule has 2 N–H and O–H groups in total. The number of hydrogen-bond acceptors (Lipinski definition) is 4. The molecule has 1 fully saturated rings. The van der Waals surface area contributed by atoms with Crippen molar-refractivity contribution in [1.82, 2.24) is 5.32 Å². The maximum absolute atomic E-state index is 9.20. The van der Waals surface area contributed by atoms with Crippen LogP contribution in [0.5, 0.6) is 5.75 Å². The van der Waals surface area contributed by atoms with Gasteiger partial charge in [0.25, 0.3) is 0 Å². The van der Waals surface area contributed by atoms with Gasteiger partial charge >= 0.3 is 0 Å². The first-order valence-electron chi connectivity index (χ1n) is 8.64. The van der Waals surface area contributed by atoms with E-state index in [9.17, 15) is 5.11 Å². The Labute approximate surface area is 155 Å². The summed E-state index contributed by atoms with van der Waals surface area (Å²) in [4.78, 5) is 2.39. The number of aliphatic hydroxyl groups is 1. The Hall–Kier alpha value is -1.75. The lowest BCUT2D eigenvalue weighted by molar-refractivity contribution is 0.122. The van der Waals surface area contributed by atoms with Crippen molar-refractivity contribution in [1.29, 1.82) is 0 Å². The fourth-order valence-corrected chi connectivity index (χ4v) is 2.76. The van der Waals surface area contributed by atoms with Gasteiger partial charge in [0.05, 0.1) is 6.10 Å². The third kappa shape index (κ3) is 6.94. The van der Waals surface area contributed by atoms with Gasteiger partial charge in [0.2, 0.25) is 0 Å². The summed E-state index contributed by atoms with van der Waals surface area (Å²) in [7, 11) is 0. The molecule has 1 aliphatic heterocycles. The zero-order chi connectivity index (χ0) is 18.1. The summed E-state index contributed by atoms with van der Waals surface area (Å²) in [6.07, 6.45) is -0.432. The molecule has 1 aliphatic rings. The van der Waals surface area contributed by atoms with Crippen molar-refractivity contribution in [2.75, 3.05) is 37.7 Å². The van der Waals surface area contributed by atoms with Gasteiger partial charge in [0.15, 0.2) is 0 Å². The van der Waals surface area contributed by atoms with Gasteiger partial charge in [0.1, 0.15) is 12.4 Å². The Bertz CT molecular complexity index is 629. The molecule has 136 valence electrons. The molecule has 1 heterocycles. The topological polar surface area (TPSA) is 44.7 Å². The molecule has 0 aliphatic carbocycles. The number of nitrogens with one attached hydrogen (secondary N) is 1. The smallest absolute Gasteiger partial charge is 0.119 e. The first-order valence-corrected chi connectivity index (χ1v) is 9.02. The van der Waals surface area contributed by atoms with Crippen LogP contribution < -0.4 is 15.0 Å². The number of hydrogen-bond donors (Lipinski definition) is 2. The second kappa shape index (κ2) is 10.3. The van der Waals surface area contributed by atoms with E-state index in [0.29, 0.717) is 6.61 Å². The second-order valence-electron chi connectivity index (χ2n) is 6.14. The van der Waals surface area contributed by atoms with Gasteiger partial charge in [-0.15, -0.1) is 0 Å². The molecule has 0 bridgehead atoms. The molecule has 0 radical (unpaired) electrons. The largest absolute Gasteiger partial charge is 0.491 e. The Balaban J connectivity index is 0.000000269. The highest BCUT2D eigenvalue weighted by Gasteiger charge is 2.12. The van der Waals surface area contributed by atoms with Crippen molar-refractivity contribution in [2.24, 2.45) is 0 Å². The average Bonchev–Trinajstić information content (AvgIpc) is 2.62. The Morgan fingerprint density at radius 3 is 2.36 bits per heavy atom. The Morgan fingerprint density at radius 2 is 1.84 bits per heavy atom. The normalized spacial score (nSPS) is 15.1. The lowest BCUT2D eigenvalue weighted by Crippen LogP contribution is -2.43. The third-order valence-electron chi connectivity index (χ3n) is 3.85. The summed E-state index contributed by atoms with van der Waals surface area (Å²) in [5.41, 5.74) is 2.50. The SMILES string of the molecule is Cc1cc(OC[C@H](C)O)ccc1N1CCNCC1.Clc1ccccc1. The van der Waals surface area contributed by atoms with E-state index in [1.54, 1.807) is 6.92 Å². The molecule has 2 aromatic rings. The zero-order valence-electron chi connectivity index (χ0n) is 14.9. The van der Waals surface area contributed by atoms with Gasteiger partial charge in [-0.05, 0) is 49.7 Å². The molecule has 3 rings (SSSR count). The first kappa shape index (κ1) is 19.6. The molecular formula is C20H27ClN2O2. The van der Waals surface area contributed by atoms with E-state index in [0.717, 1.165) is 37.0 Å². The predicted molar refractivity (Wildman–Crippen MR) is 105 cm³/mol. The van der Waals surface area contributed by atoms with Crippen LogP contribution in [0.4, 0.5) is 5.69 Å². The average molecular weight is 363 g/mol. The number of rotatable bonds is 4. The van der Waals surface area contributed by atoms with Gasteiger partial charge in [-0.2, -0.15) is 0 Å². The number of anilines is 1. The van der Waals surface area contributed by atoms with Crippen molar-refractivity contribution in [2.45, 2.75) is 20.0 Å². The molecule has 0 amide bonds. The molecule has 1 saturated heterocycles. The summed E-state index contributed by atoms with van der Waals surface area (Å²) in [6, 6.07) is 15.6. The monoisotopic (exact) mass is 362 g/mol. The maximum atomic E-state index is 9.20. The van der Waals surface area contributed by atoms with Crippen molar-refractivity contribution in [3.8, 4) is 5.75 Å². The third-order valence-corrected chi connectivity index (χ3v) is 4.10. The molecule has 1 atom stereocenters. The number of benzene rings is 2. The predicted octanol–water partition coefficient (Wildman–Crippen LogP) is 3.50. The van der Waals surface area contributed by atoms with Crippen LogP contribution in [0.25, 0.3) is 0 Å². The van der Waals surface area contributed by atoms with E-state index in [1.807, 2.05) is 42.5 Å². The van der Waals surface area contributed by atoms with Gasteiger partial charge < -0.3 is 20.1 Å². The molecule has 0 unspecified atom stereocenters. The minimum absolute atomic E-state index is 0.340. The summed E-state index contributed by atoms with van der Waals surface area (Å²) in [5.74, 6) is 0.826. The van der Waals surface area contributed by atoms with Crippen LogP contribution in [0.1, 0.15) is 12.5 Å². The fraction of sp³-hybridized carbons (Fsp3) is 0.400. The van der Waals surface area contributed by atoms with E-state index in [2.05, 4.69) is 23.2 Å². The molecule has 25 heavy (non-hydrogen) atoms. The number of aryl methyl sites for hydroxylation is 1. The number of ether oxygens (including phenoxy) is 1. The summed E-state index contributed by atoms with van der Waals surface area (Å²) < 4.78 is 5.51. The highest BCUT2D eigenvalue weighted by molar-refractivity contribution is 6.30. The number of aliphatic hydroxyl groups excluding tert-OH is 1. The van der Waals surface area contributed by atoms with Crippen LogP contribution >= 0.6 is 11.6 Å². The van der Waals surface area contributed by atoms with E-state index >= 15 is 0 Å². The minimum Gasteiger partial charge on any atom is -0.491 e. The van der Waals surface area contributed by atoms with E-state index in [4.69, 9.17) is 16.3 Å². The van der Waals surface area contributed by atoms with Crippen LogP contribution in [0.15, 0.2) is 48.5 Å². The first-order chi connectivity index (χ1) is 12.1. The molecular weight excluding hydrogens is 336 g/mol. The molecule has 0 aromatic heterocycles. The molecule has 5 heteroatoms. The van der Waals surface area contributed by atoms with Gasteiger partial charge in [-0.3, -0.25) is 0 Å². The van der Waals surface area contributed by atoms with Crippen molar-refractivity contribution in [3.63, 3.8) is 0 Å². The van der Waals surface area contributed by atoms with Crippen LogP contribution in [0.3, 0.4) is 0 Å². The lowest BCUT2D eigenvalue weighted by atomic mass is 10.1. The van der Waals surface area contributed by atoms with E-state index in [1.165, 1.54) is 11.3 Å². The van der Waals surface area contributed by atoms with E-state index < -0.39 is 6.10 Å². The molecule has 0 spiro atoms. The van der Waals surface area contributed by atoms with Gasteiger partial charge in [-0.1, -0.05) is 29.8 Å². The molecule has 0 saturated carbocycles. The number of nitrogens with zero attached hydrogens (tertiary/aromatic N) is 1. The van der Waals surface area contributed by atoms with E-state index in [-0.39, 0.29) is 0 Å². The second-order valence-corrected chi connectivity index (χ2v) is 6.58. The maximum Gasteiger partial charge on any atom is 0.119 e. The quantitative estimate of drug-likeness (QED) is 0.873. The van der Waals surface area contributed by atoms with Crippen molar-refractivity contribution < 1.29 is 9.84 Å². The summed E-state index contributed by atoms with van der Waals surface area (Å²) in [5, 5.41) is 13.3. The molecule has 4 nitrogen and oxygen atoms in total. The van der Waals surface area contributed by atoms with Crippen LogP contribution in [-0.2, 0) is 0 Å². The Morgan fingerprint density at radius 1 is 1.16 bits per heavy atom. The molecule has 2 aromatic carbocycles. The van der Waals surface area contributed by atoms with Gasteiger partial charge in [-0.25, -0.2) is 0 Å². The van der Waals surface area contributed by atoms with Gasteiger partial charge in [0, 0.05) is 36.9 Å².